The molecule has 0 spiro atoms. The summed E-state index contributed by atoms with van der Waals surface area (Å²) in [6.45, 7) is 7.66. The van der Waals surface area contributed by atoms with Gasteiger partial charge in [-0.05, 0) is 85.3 Å². The first kappa shape index (κ1) is 36.9. The van der Waals surface area contributed by atoms with Crippen molar-refractivity contribution in [3.8, 4) is 16.9 Å². The lowest BCUT2D eigenvalue weighted by atomic mass is 9.92. The molecule has 0 aromatic heterocycles. The molecule has 0 saturated heterocycles. The van der Waals surface area contributed by atoms with Crippen LogP contribution < -0.4 is 10.1 Å². The van der Waals surface area contributed by atoms with Crippen molar-refractivity contribution in [2.45, 2.75) is 84.0 Å². The van der Waals surface area contributed by atoms with Crippen LogP contribution in [-0.4, -0.2) is 57.0 Å². The average Bonchev–Trinajstić information content (AvgIpc) is 3.09. The van der Waals surface area contributed by atoms with Gasteiger partial charge >= 0.3 is 18.2 Å². The minimum Gasteiger partial charge on any atom is -0.489 e. The average molecular weight is 702 g/mol. The van der Waals surface area contributed by atoms with Gasteiger partial charge in [-0.25, -0.2) is 9.59 Å². The number of halogens is 3. The molecule has 0 radical (unpaired) electrons. The Kier molecular flexibility index (Phi) is 11.4. The Balaban J connectivity index is 1.35. The highest BCUT2D eigenvalue weighted by molar-refractivity contribution is 5.91. The van der Waals surface area contributed by atoms with Crippen LogP contribution in [0.4, 0.5) is 18.0 Å². The predicted molar refractivity (Wildman–Crippen MR) is 188 cm³/mol. The molecule has 8 nitrogen and oxygen atoms in total. The zero-order chi connectivity index (χ0) is 36.9. The van der Waals surface area contributed by atoms with Crippen molar-refractivity contribution < 1.29 is 37.4 Å². The van der Waals surface area contributed by atoms with Gasteiger partial charge in [-0.1, -0.05) is 72.8 Å². The molecule has 2 N–H and O–H groups in total. The molecular formula is C40H42F3N3O5. The molecule has 3 amide bonds. The van der Waals surface area contributed by atoms with Crippen LogP contribution in [0.2, 0.25) is 0 Å². The summed E-state index contributed by atoms with van der Waals surface area (Å²) in [5.41, 5.74) is 4.11. The Morgan fingerprint density at radius 2 is 1.45 bits per heavy atom. The topological polar surface area (TPSA) is 99.2 Å². The summed E-state index contributed by atoms with van der Waals surface area (Å²) >= 11 is 0. The number of carbonyl (C=O) groups is 3. The fourth-order valence-electron chi connectivity index (χ4n) is 6.40. The third kappa shape index (κ3) is 9.08. The van der Waals surface area contributed by atoms with E-state index in [1.807, 2.05) is 82.3 Å². The quantitative estimate of drug-likeness (QED) is 0.167. The molecule has 0 saturated carbocycles. The highest BCUT2D eigenvalue weighted by atomic mass is 19.4. The van der Waals surface area contributed by atoms with Crippen LogP contribution >= 0.6 is 0 Å². The second-order valence-corrected chi connectivity index (χ2v) is 13.3. The summed E-state index contributed by atoms with van der Waals surface area (Å²) in [7, 11) is 0. The summed E-state index contributed by atoms with van der Waals surface area (Å²) in [6, 6.07) is 24.4. The number of benzene rings is 4. The van der Waals surface area contributed by atoms with E-state index in [1.165, 1.54) is 17.0 Å². The third-order valence-corrected chi connectivity index (χ3v) is 8.99. The molecule has 5 rings (SSSR count). The fourth-order valence-corrected chi connectivity index (χ4v) is 6.40. The van der Waals surface area contributed by atoms with Crippen LogP contribution in [0.5, 0.6) is 5.75 Å². The second kappa shape index (κ2) is 15.7. The molecule has 11 heteroatoms. The summed E-state index contributed by atoms with van der Waals surface area (Å²) < 4.78 is 44.8. The molecule has 1 aliphatic rings. The van der Waals surface area contributed by atoms with Crippen LogP contribution in [0.3, 0.4) is 0 Å². The Morgan fingerprint density at radius 3 is 2.04 bits per heavy atom. The van der Waals surface area contributed by atoms with Crippen LogP contribution in [-0.2, 0) is 41.8 Å². The number of amides is 3. The number of alkyl halides is 3. The molecule has 4 aromatic carbocycles. The lowest BCUT2D eigenvalue weighted by molar-refractivity contribution is -0.142. The van der Waals surface area contributed by atoms with Gasteiger partial charge in [-0.3, -0.25) is 4.79 Å². The molecule has 1 heterocycles. The van der Waals surface area contributed by atoms with Crippen LogP contribution in [0.25, 0.3) is 11.1 Å². The van der Waals surface area contributed by atoms with Gasteiger partial charge < -0.3 is 25.0 Å². The Morgan fingerprint density at radius 1 is 0.843 bits per heavy atom. The highest BCUT2D eigenvalue weighted by Gasteiger charge is 2.39. The van der Waals surface area contributed by atoms with Gasteiger partial charge in [0.2, 0.25) is 5.91 Å². The number of aliphatic carboxylic acids is 1. The standard InChI is InChI=1S/C40H42F3N3O5/c1-25(2)46(26(3)4)39(50)45-23-32-21-34(51-24-28-12-17-33(18-13-28)40(41,42)43)19-16-31(32)22-36(45)37(47)44-35(38(48)49)20-27-10-14-30(15-11-27)29-8-6-5-7-9-29/h5-19,21,25-26,35-36H,20,22-24H2,1-4H3,(H,44,47)(H,48,49)/t35-,36-/m0/s1. The van der Waals surface area contributed by atoms with E-state index < -0.39 is 35.7 Å². The number of rotatable bonds is 11. The van der Waals surface area contributed by atoms with E-state index >= 15 is 0 Å². The molecule has 0 bridgehead atoms. The van der Waals surface area contributed by atoms with Crippen molar-refractivity contribution in [3.63, 3.8) is 0 Å². The van der Waals surface area contributed by atoms with Gasteiger partial charge in [-0.15, -0.1) is 0 Å². The monoisotopic (exact) mass is 701 g/mol. The van der Waals surface area contributed by atoms with Crippen molar-refractivity contribution in [2.75, 3.05) is 0 Å². The summed E-state index contributed by atoms with van der Waals surface area (Å²) in [5.74, 6) is -1.31. The fraction of sp³-hybridized carbons (Fsp3) is 0.325. The van der Waals surface area contributed by atoms with E-state index in [0.29, 0.717) is 11.3 Å². The number of carbonyl (C=O) groups excluding carboxylic acids is 2. The van der Waals surface area contributed by atoms with E-state index in [4.69, 9.17) is 4.74 Å². The zero-order valence-electron chi connectivity index (χ0n) is 29.0. The van der Waals surface area contributed by atoms with Gasteiger partial charge in [0.05, 0.1) is 5.56 Å². The van der Waals surface area contributed by atoms with Crippen molar-refractivity contribution in [3.05, 3.63) is 125 Å². The molecule has 2 atom stereocenters. The van der Waals surface area contributed by atoms with Crippen LogP contribution in [0, 0.1) is 0 Å². The van der Waals surface area contributed by atoms with Crippen molar-refractivity contribution in [2.24, 2.45) is 0 Å². The molecule has 0 aliphatic carbocycles. The minimum absolute atomic E-state index is 0.0324. The number of nitrogens with zero attached hydrogens (tertiary/aromatic N) is 2. The first-order chi connectivity index (χ1) is 24.2. The van der Waals surface area contributed by atoms with Gasteiger partial charge in [0, 0.05) is 31.5 Å². The van der Waals surface area contributed by atoms with E-state index in [2.05, 4.69) is 5.32 Å². The molecule has 0 unspecified atom stereocenters. The van der Waals surface area contributed by atoms with E-state index in [1.54, 1.807) is 23.1 Å². The molecule has 268 valence electrons. The minimum atomic E-state index is -4.43. The number of hydrogen-bond acceptors (Lipinski definition) is 4. The van der Waals surface area contributed by atoms with Gasteiger partial charge in [0.1, 0.15) is 24.4 Å². The second-order valence-electron chi connectivity index (χ2n) is 13.3. The first-order valence-corrected chi connectivity index (χ1v) is 16.9. The number of fused-ring (bicyclic) bond motifs is 1. The summed E-state index contributed by atoms with van der Waals surface area (Å²) in [4.78, 5) is 43.6. The lowest BCUT2D eigenvalue weighted by Gasteiger charge is -2.42. The van der Waals surface area contributed by atoms with Gasteiger partial charge in [0.15, 0.2) is 0 Å². The smallest absolute Gasteiger partial charge is 0.416 e. The van der Waals surface area contributed by atoms with Gasteiger partial charge in [0.25, 0.3) is 0 Å². The predicted octanol–water partition coefficient (Wildman–Crippen LogP) is 7.73. The van der Waals surface area contributed by atoms with Crippen molar-refractivity contribution in [1.29, 1.82) is 0 Å². The highest BCUT2D eigenvalue weighted by Crippen LogP contribution is 2.31. The molecule has 4 aromatic rings. The number of ether oxygens (including phenoxy) is 1. The van der Waals surface area contributed by atoms with E-state index in [-0.39, 0.29) is 44.1 Å². The lowest BCUT2D eigenvalue weighted by Crippen LogP contribution is -2.60. The number of carboxylic acid groups (broad SMARTS) is 1. The number of urea groups is 1. The van der Waals surface area contributed by atoms with Gasteiger partial charge in [-0.2, -0.15) is 13.2 Å². The van der Waals surface area contributed by atoms with E-state index in [9.17, 15) is 32.7 Å². The first-order valence-electron chi connectivity index (χ1n) is 16.9. The number of nitrogens with one attached hydrogen (secondary N) is 1. The molecule has 0 fully saturated rings. The Labute approximate surface area is 295 Å². The maximum Gasteiger partial charge on any atom is 0.416 e. The summed E-state index contributed by atoms with van der Waals surface area (Å²) in [6.07, 6.45) is -4.23. The summed E-state index contributed by atoms with van der Waals surface area (Å²) in [5, 5.41) is 12.8. The maximum atomic E-state index is 14.1. The largest absolute Gasteiger partial charge is 0.489 e. The number of hydrogen-bond donors (Lipinski definition) is 2. The number of carboxylic acids is 1. The molecule has 1 aliphatic heterocycles. The maximum absolute atomic E-state index is 14.1. The SMILES string of the molecule is CC(C)N(C(=O)N1Cc2cc(OCc3ccc(C(F)(F)F)cc3)ccc2C[C@H]1C(=O)N[C@@H](Cc1ccc(-c2ccccc2)cc1)C(=O)O)C(C)C. The zero-order valence-corrected chi connectivity index (χ0v) is 29.0. The molecular weight excluding hydrogens is 659 g/mol. The Bertz CT molecular complexity index is 1820. The van der Waals surface area contributed by atoms with E-state index in [0.717, 1.165) is 39.9 Å². The molecule has 51 heavy (non-hydrogen) atoms. The Hall–Kier alpha value is -5.32. The third-order valence-electron chi connectivity index (χ3n) is 8.99. The van der Waals surface area contributed by atoms with Crippen molar-refractivity contribution >= 4 is 17.9 Å². The van der Waals surface area contributed by atoms with Crippen LogP contribution in [0.15, 0.2) is 97.1 Å². The van der Waals surface area contributed by atoms with Crippen molar-refractivity contribution in [1.82, 2.24) is 15.1 Å². The normalized spacial score (nSPS) is 14.9. The van der Waals surface area contributed by atoms with Crippen LogP contribution in [0.1, 0.15) is 55.5 Å².